The highest BCUT2D eigenvalue weighted by molar-refractivity contribution is 7.89. The van der Waals surface area contributed by atoms with E-state index in [-0.39, 0.29) is 17.7 Å². The van der Waals surface area contributed by atoms with Crippen LogP contribution in [0.1, 0.15) is 20.8 Å². The van der Waals surface area contributed by atoms with Gasteiger partial charge in [0.1, 0.15) is 0 Å². The van der Waals surface area contributed by atoms with Crippen LogP contribution >= 0.6 is 0 Å². The van der Waals surface area contributed by atoms with E-state index in [0.717, 1.165) is 6.54 Å². The first-order chi connectivity index (χ1) is 6.42. The lowest BCUT2D eigenvalue weighted by Crippen LogP contribution is -2.52. The standard InChI is InChI=1S/C9H20N2O2S/c1-8(2)7-14(12,13)11-5-4-10-9(3)6-11/h8-10H,4-7H2,1-3H3. The second-order valence-electron chi connectivity index (χ2n) is 4.39. The summed E-state index contributed by atoms with van der Waals surface area (Å²) in [6, 6.07) is 0.269. The molecule has 5 heteroatoms. The third-order valence-corrected chi connectivity index (χ3v) is 4.48. The first-order valence-electron chi connectivity index (χ1n) is 5.13. The minimum absolute atomic E-state index is 0.199. The van der Waals surface area contributed by atoms with Crippen molar-refractivity contribution in [1.29, 1.82) is 0 Å². The van der Waals surface area contributed by atoms with Gasteiger partial charge in [-0.05, 0) is 12.8 Å². The summed E-state index contributed by atoms with van der Waals surface area (Å²) in [7, 11) is -3.02. The fourth-order valence-electron chi connectivity index (χ4n) is 1.68. The lowest BCUT2D eigenvalue weighted by atomic mass is 10.3. The van der Waals surface area contributed by atoms with Crippen LogP contribution in [0.2, 0.25) is 0 Å². The Bertz CT molecular complexity index is 275. The third-order valence-electron chi connectivity index (χ3n) is 2.27. The monoisotopic (exact) mass is 220 g/mol. The molecule has 14 heavy (non-hydrogen) atoms. The minimum Gasteiger partial charge on any atom is -0.312 e. The van der Waals surface area contributed by atoms with E-state index in [2.05, 4.69) is 5.32 Å². The van der Waals surface area contributed by atoms with Gasteiger partial charge in [0.05, 0.1) is 5.75 Å². The average Bonchev–Trinajstić information content (AvgIpc) is 2.01. The molecule has 1 saturated heterocycles. The average molecular weight is 220 g/mol. The highest BCUT2D eigenvalue weighted by atomic mass is 32.2. The summed E-state index contributed by atoms with van der Waals surface area (Å²) in [5.41, 5.74) is 0. The Morgan fingerprint density at radius 3 is 2.64 bits per heavy atom. The molecule has 0 aromatic rings. The molecule has 0 spiro atoms. The van der Waals surface area contributed by atoms with Crippen molar-refractivity contribution in [2.24, 2.45) is 5.92 Å². The molecule has 0 amide bonds. The van der Waals surface area contributed by atoms with Gasteiger partial charge in [0.2, 0.25) is 10.0 Å². The van der Waals surface area contributed by atoms with Gasteiger partial charge < -0.3 is 5.32 Å². The zero-order chi connectivity index (χ0) is 10.8. The molecule has 0 aromatic heterocycles. The molecule has 1 aliphatic heterocycles. The number of nitrogens with one attached hydrogen (secondary N) is 1. The van der Waals surface area contributed by atoms with Crippen molar-refractivity contribution >= 4 is 10.0 Å². The quantitative estimate of drug-likeness (QED) is 0.742. The highest BCUT2D eigenvalue weighted by Gasteiger charge is 2.26. The fourth-order valence-corrected chi connectivity index (χ4v) is 3.55. The van der Waals surface area contributed by atoms with Crippen LogP contribution in [0.25, 0.3) is 0 Å². The normalized spacial score (nSPS) is 25.6. The first kappa shape index (κ1) is 11.9. The molecule has 1 N–H and O–H groups in total. The molecule has 0 bridgehead atoms. The summed E-state index contributed by atoms with van der Waals surface area (Å²) in [5, 5.41) is 3.23. The predicted molar refractivity (Wildman–Crippen MR) is 57.7 cm³/mol. The SMILES string of the molecule is CC(C)CS(=O)(=O)N1CCNC(C)C1. The van der Waals surface area contributed by atoms with E-state index >= 15 is 0 Å². The predicted octanol–water partition coefficient (Wildman–Crippen LogP) is 0.266. The van der Waals surface area contributed by atoms with Crippen molar-refractivity contribution in [1.82, 2.24) is 9.62 Å². The molecule has 0 radical (unpaired) electrons. The topological polar surface area (TPSA) is 49.4 Å². The van der Waals surface area contributed by atoms with Gasteiger partial charge in [-0.1, -0.05) is 13.8 Å². The minimum atomic E-state index is -3.02. The van der Waals surface area contributed by atoms with Gasteiger partial charge in [-0.15, -0.1) is 0 Å². The van der Waals surface area contributed by atoms with Gasteiger partial charge in [-0.2, -0.15) is 4.31 Å². The zero-order valence-electron chi connectivity index (χ0n) is 9.16. The summed E-state index contributed by atoms with van der Waals surface area (Å²) >= 11 is 0. The van der Waals surface area contributed by atoms with E-state index in [1.807, 2.05) is 20.8 Å². The molecule has 1 atom stereocenters. The number of nitrogens with zero attached hydrogens (tertiary/aromatic N) is 1. The Kier molecular flexibility index (Phi) is 3.92. The number of rotatable bonds is 3. The second kappa shape index (κ2) is 4.59. The highest BCUT2D eigenvalue weighted by Crippen LogP contribution is 2.09. The van der Waals surface area contributed by atoms with E-state index in [1.54, 1.807) is 4.31 Å². The lowest BCUT2D eigenvalue weighted by Gasteiger charge is -2.31. The van der Waals surface area contributed by atoms with Crippen LogP contribution in [0.15, 0.2) is 0 Å². The van der Waals surface area contributed by atoms with Crippen molar-refractivity contribution < 1.29 is 8.42 Å². The Balaban J connectivity index is 2.62. The van der Waals surface area contributed by atoms with E-state index < -0.39 is 10.0 Å². The van der Waals surface area contributed by atoms with Gasteiger partial charge in [0.25, 0.3) is 0 Å². The summed E-state index contributed by atoms with van der Waals surface area (Å²) in [6.07, 6.45) is 0. The zero-order valence-corrected chi connectivity index (χ0v) is 9.97. The van der Waals surface area contributed by atoms with Crippen molar-refractivity contribution in [2.45, 2.75) is 26.8 Å². The molecular formula is C9H20N2O2S. The van der Waals surface area contributed by atoms with Crippen LogP contribution in [0.5, 0.6) is 0 Å². The van der Waals surface area contributed by atoms with Crippen molar-refractivity contribution in [3.8, 4) is 0 Å². The maximum absolute atomic E-state index is 11.8. The molecule has 1 unspecified atom stereocenters. The Morgan fingerprint density at radius 2 is 2.14 bits per heavy atom. The maximum atomic E-state index is 11.8. The van der Waals surface area contributed by atoms with Crippen LogP contribution in [-0.4, -0.2) is 44.2 Å². The Hall–Kier alpha value is -0.130. The van der Waals surface area contributed by atoms with Gasteiger partial charge in [0.15, 0.2) is 0 Å². The van der Waals surface area contributed by atoms with Crippen molar-refractivity contribution in [3.05, 3.63) is 0 Å². The van der Waals surface area contributed by atoms with Crippen molar-refractivity contribution in [2.75, 3.05) is 25.4 Å². The molecule has 1 heterocycles. The maximum Gasteiger partial charge on any atom is 0.214 e. The largest absolute Gasteiger partial charge is 0.312 e. The first-order valence-corrected chi connectivity index (χ1v) is 6.74. The number of hydrogen-bond donors (Lipinski definition) is 1. The molecule has 0 saturated carbocycles. The van der Waals surface area contributed by atoms with E-state index in [0.29, 0.717) is 13.1 Å². The van der Waals surface area contributed by atoms with Gasteiger partial charge >= 0.3 is 0 Å². The molecular weight excluding hydrogens is 200 g/mol. The Morgan fingerprint density at radius 1 is 1.50 bits per heavy atom. The molecule has 1 aliphatic rings. The molecule has 1 rings (SSSR count). The molecule has 84 valence electrons. The molecule has 4 nitrogen and oxygen atoms in total. The van der Waals surface area contributed by atoms with Crippen LogP contribution in [-0.2, 0) is 10.0 Å². The summed E-state index contributed by atoms with van der Waals surface area (Å²) in [6.45, 7) is 7.86. The molecule has 0 aromatic carbocycles. The van der Waals surface area contributed by atoms with E-state index in [9.17, 15) is 8.42 Å². The molecule has 0 aliphatic carbocycles. The van der Waals surface area contributed by atoms with Crippen LogP contribution in [0.4, 0.5) is 0 Å². The summed E-state index contributed by atoms with van der Waals surface area (Å²) < 4.78 is 25.3. The van der Waals surface area contributed by atoms with Crippen molar-refractivity contribution in [3.63, 3.8) is 0 Å². The van der Waals surface area contributed by atoms with Crippen LogP contribution in [0.3, 0.4) is 0 Å². The van der Waals surface area contributed by atoms with E-state index in [4.69, 9.17) is 0 Å². The van der Waals surface area contributed by atoms with Crippen LogP contribution < -0.4 is 5.32 Å². The Labute approximate surface area is 86.7 Å². The smallest absolute Gasteiger partial charge is 0.214 e. The third kappa shape index (κ3) is 3.22. The lowest BCUT2D eigenvalue weighted by molar-refractivity contribution is 0.309. The number of sulfonamides is 1. The van der Waals surface area contributed by atoms with E-state index in [1.165, 1.54) is 0 Å². The number of hydrogen-bond acceptors (Lipinski definition) is 3. The van der Waals surface area contributed by atoms with Gasteiger partial charge in [0, 0.05) is 25.7 Å². The number of piperazine rings is 1. The van der Waals surface area contributed by atoms with Crippen LogP contribution in [0, 0.1) is 5.92 Å². The summed E-state index contributed by atoms with van der Waals surface area (Å²) in [4.78, 5) is 0. The van der Waals surface area contributed by atoms with Gasteiger partial charge in [-0.3, -0.25) is 0 Å². The molecule has 1 fully saturated rings. The summed E-state index contributed by atoms with van der Waals surface area (Å²) in [5.74, 6) is 0.463. The van der Waals surface area contributed by atoms with Gasteiger partial charge in [-0.25, -0.2) is 8.42 Å². The fraction of sp³-hybridized carbons (Fsp3) is 1.00. The second-order valence-corrected chi connectivity index (χ2v) is 6.40.